The third-order valence-electron chi connectivity index (χ3n) is 1.72. The molecule has 0 radical (unpaired) electrons. The van der Waals surface area contributed by atoms with E-state index in [0.717, 1.165) is 22.7 Å². The largest absolute Gasteiger partial charge is 0.380 e. The van der Waals surface area contributed by atoms with Crippen molar-refractivity contribution in [1.29, 1.82) is 0 Å². The molecule has 0 aliphatic rings. The van der Waals surface area contributed by atoms with Gasteiger partial charge in [0.1, 0.15) is 0 Å². The minimum atomic E-state index is 0.711. The van der Waals surface area contributed by atoms with E-state index < -0.39 is 0 Å². The van der Waals surface area contributed by atoms with Crippen molar-refractivity contribution in [1.82, 2.24) is 9.97 Å². The molecule has 1 rings (SSSR count). The van der Waals surface area contributed by atoms with Crippen molar-refractivity contribution in [3.63, 3.8) is 0 Å². The van der Waals surface area contributed by atoms with Crippen molar-refractivity contribution in [3.8, 4) is 0 Å². The van der Waals surface area contributed by atoms with Crippen molar-refractivity contribution >= 4 is 28.5 Å². The van der Waals surface area contributed by atoms with E-state index in [4.69, 9.17) is 4.74 Å². The fraction of sp³-hybridized carbons (Fsp3) is 0.556. The molecular weight excluding hydrogens is 293 g/mol. The lowest BCUT2D eigenvalue weighted by atomic mass is 10.6. The average Bonchev–Trinajstić information content (AvgIpc) is 2.19. The minimum absolute atomic E-state index is 0.711. The van der Waals surface area contributed by atoms with Crippen LogP contribution in [0.25, 0.3) is 0 Å². The smallest absolute Gasteiger partial charge is 0.225 e. The van der Waals surface area contributed by atoms with Gasteiger partial charge in [-0.2, -0.15) is 0 Å². The number of rotatable bonds is 5. The monoisotopic (exact) mass is 307 g/mol. The van der Waals surface area contributed by atoms with Crippen LogP contribution in [0.4, 0.5) is 5.95 Å². The lowest BCUT2D eigenvalue weighted by Gasteiger charge is -2.16. The summed E-state index contributed by atoms with van der Waals surface area (Å²) in [7, 11) is 1.96. The molecule has 0 fully saturated rings. The Bertz CT molecular complexity index is 265. The van der Waals surface area contributed by atoms with E-state index in [1.165, 1.54) is 0 Å². The molecule has 5 heteroatoms. The van der Waals surface area contributed by atoms with Gasteiger partial charge in [0, 0.05) is 36.2 Å². The normalized spacial score (nSPS) is 10.2. The molecule has 0 N–H and O–H groups in total. The van der Waals surface area contributed by atoms with Crippen LogP contribution in [0.5, 0.6) is 0 Å². The van der Waals surface area contributed by atoms with E-state index in [0.29, 0.717) is 6.61 Å². The third-order valence-corrected chi connectivity index (χ3v) is 2.28. The van der Waals surface area contributed by atoms with E-state index >= 15 is 0 Å². The van der Waals surface area contributed by atoms with Crippen LogP contribution in [0.1, 0.15) is 6.92 Å². The molecule has 0 aromatic carbocycles. The van der Waals surface area contributed by atoms with Crippen LogP contribution in [-0.2, 0) is 4.74 Å². The van der Waals surface area contributed by atoms with Crippen LogP contribution in [0, 0.1) is 3.57 Å². The molecule has 0 aliphatic heterocycles. The first-order valence-corrected chi connectivity index (χ1v) is 5.58. The van der Waals surface area contributed by atoms with Crippen molar-refractivity contribution in [3.05, 3.63) is 16.0 Å². The predicted molar refractivity (Wildman–Crippen MR) is 64.5 cm³/mol. The topological polar surface area (TPSA) is 38.2 Å². The van der Waals surface area contributed by atoms with Crippen molar-refractivity contribution in [2.75, 3.05) is 31.7 Å². The number of hydrogen-bond donors (Lipinski definition) is 0. The molecule has 1 aromatic rings. The van der Waals surface area contributed by atoms with Gasteiger partial charge in [0.25, 0.3) is 0 Å². The Morgan fingerprint density at radius 1 is 1.43 bits per heavy atom. The number of anilines is 1. The van der Waals surface area contributed by atoms with Gasteiger partial charge in [-0.25, -0.2) is 9.97 Å². The maximum absolute atomic E-state index is 5.25. The summed E-state index contributed by atoms with van der Waals surface area (Å²) < 4.78 is 6.30. The Morgan fingerprint density at radius 2 is 2.07 bits per heavy atom. The van der Waals surface area contributed by atoms with Gasteiger partial charge in [0.05, 0.1) is 6.61 Å². The predicted octanol–water partition coefficient (Wildman–Crippen LogP) is 1.55. The van der Waals surface area contributed by atoms with Gasteiger partial charge < -0.3 is 9.64 Å². The van der Waals surface area contributed by atoms with Gasteiger partial charge in [-0.1, -0.05) is 0 Å². The first-order valence-electron chi connectivity index (χ1n) is 4.50. The van der Waals surface area contributed by atoms with Gasteiger partial charge >= 0.3 is 0 Å². The molecule has 0 saturated heterocycles. The first kappa shape index (κ1) is 11.6. The van der Waals surface area contributed by atoms with Crippen molar-refractivity contribution < 1.29 is 4.74 Å². The average molecular weight is 307 g/mol. The first-order chi connectivity index (χ1) is 6.74. The van der Waals surface area contributed by atoms with Gasteiger partial charge in [-0.3, -0.25) is 0 Å². The number of likely N-dealkylation sites (N-methyl/N-ethyl adjacent to an activating group) is 1. The second-order valence-corrected chi connectivity index (χ2v) is 4.07. The summed E-state index contributed by atoms with van der Waals surface area (Å²) in [5, 5.41) is 0. The fourth-order valence-electron chi connectivity index (χ4n) is 0.948. The maximum atomic E-state index is 5.25. The van der Waals surface area contributed by atoms with E-state index in [9.17, 15) is 0 Å². The summed E-state index contributed by atoms with van der Waals surface area (Å²) in [5.41, 5.74) is 0. The van der Waals surface area contributed by atoms with E-state index in [2.05, 4.69) is 32.6 Å². The highest BCUT2D eigenvalue weighted by Crippen LogP contribution is 2.06. The number of ether oxygens (including phenoxy) is 1. The second kappa shape index (κ2) is 6.13. The highest BCUT2D eigenvalue weighted by molar-refractivity contribution is 14.1. The summed E-state index contributed by atoms with van der Waals surface area (Å²) in [6.07, 6.45) is 3.61. The third kappa shape index (κ3) is 3.75. The molecular formula is C9H14IN3O. The highest BCUT2D eigenvalue weighted by Gasteiger charge is 2.02. The van der Waals surface area contributed by atoms with Crippen LogP contribution in [0.3, 0.4) is 0 Å². The van der Waals surface area contributed by atoms with Crippen molar-refractivity contribution in [2.24, 2.45) is 0 Å². The Hall–Kier alpha value is -0.430. The zero-order valence-electron chi connectivity index (χ0n) is 8.40. The number of nitrogens with zero attached hydrogens (tertiary/aromatic N) is 3. The molecule has 0 saturated carbocycles. The van der Waals surface area contributed by atoms with Crippen LogP contribution >= 0.6 is 22.6 Å². The number of aromatic nitrogens is 2. The maximum Gasteiger partial charge on any atom is 0.225 e. The molecule has 0 aliphatic carbocycles. The van der Waals surface area contributed by atoms with Crippen molar-refractivity contribution in [2.45, 2.75) is 6.92 Å². The van der Waals surface area contributed by atoms with E-state index in [-0.39, 0.29) is 0 Å². The Morgan fingerprint density at radius 3 is 2.64 bits per heavy atom. The van der Waals surface area contributed by atoms with Gasteiger partial charge in [-0.05, 0) is 29.5 Å². The molecule has 14 heavy (non-hydrogen) atoms. The quantitative estimate of drug-likeness (QED) is 0.611. The molecule has 1 heterocycles. The Labute approximate surface area is 97.8 Å². The Balaban J connectivity index is 2.43. The SMILES string of the molecule is CCOCCN(C)c1ncc(I)cn1. The van der Waals surface area contributed by atoms with E-state index in [1.54, 1.807) is 12.4 Å². The zero-order chi connectivity index (χ0) is 10.4. The number of halogens is 1. The van der Waals surface area contributed by atoms with Gasteiger partial charge in [-0.15, -0.1) is 0 Å². The number of hydrogen-bond acceptors (Lipinski definition) is 4. The Kier molecular flexibility index (Phi) is 5.10. The minimum Gasteiger partial charge on any atom is -0.380 e. The molecule has 1 aromatic heterocycles. The van der Waals surface area contributed by atoms with E-state index in [1.807, 2.05) is 18.9 Å². The molecule has 4 nitrogen and oxygen atoms in total. The summed E-state index contributed by atoms with van der Waals surface area (Å²) >= 11 is 2.19. The van der Waals surface area contributed by atoms with Crippen LogP contribution in [0.15, 0.2) is 12.4 Å². The van der Waals surface area contributed by atoms with Crippen LogP contribution in [-0.4, -0.2) is 36.8 Å². The highest BCUT2D eigenvalue weighted by atomic mass is 127. The standard InChI is InChI=1S/C9H14IN3O/c1-3-14-5-4-13(2)9-11-6-8(10)7-12-9/h6-7H,3-5H2,1-2H3. The van der Waals surface area contributed by atoms with Gasteiger partial charge in [0.2, 0.25) is 5.95 Å². The lowest BCUT2D eigenvalue weighted by molar-refractivity contribution is 0.154. The summed E-state index contributed by atoms with van der Waals surface area (Å²) in [6.45, 7) is 4.26. The fourth-order valence-corrected chi connectivity index (χ4v) is 1.23. The second-order valence-electron chi connectivity index (χ2n) is 2.82. The summed E-state index contributed by atoms with van der Waals surface area (Å²) in [4.78, 5) is 10.4. The molecule has 0 unspecified atom stereocenters. The van der Waals surface area contributed by atoms with Crippen LogP contribution < -0.4 is 4.90 Å². The summed E-state index contributed by atoms with van der Waals surface area (Å²) in [6, 6.07) is 0. The van der Waals surface area contributed by atoms with Crippen LogP contribution in [0.2, 0.25) is 0 Å². The summed E-state index contributed by atoms with van der Waals surface area (Å²) in [5.74, 6) is 0.741. The molecule has 78 valence electrons. The molecule has 0 spiro atoms. The molecule has 0 amide bonds. The zero-order valence-corrected chi connectivity index (χ0v) is 10.6. The van der Waals surface area contributed by atoms with Gasteiger partial charge in [0.15, 0.2) is 0 Å². The molecule has 0 bridgehead atoms. The lowest BCUT2D eigenvalue weighted by Crippen LogP contribution is -2.24. The molecule has 0 atom stereocenters.